The minimum Gasteiger partial charge on any atom is -0.494 e. The highest BCUT2D eigenvalue weighted by Gasteiger charge is 2.11. The Labute approximate surface area is 153 Å². The number of nitrogens with one attached hydrogen (secondary N) is 1. The Hall–Kier alpha value is -3.08. The van der Waals surface area contributed by atoms with Crippen molar-refractivity contribution in [1.29, 1.82) is 0 Å². The molecule has 1 amide bonds. The number of benzene rings is 2. The van der Waals surface area contributed by atoms with Gasteiger partial charge in [-0.25, -0.2) is 4.98 Å². The Morgan fingerprint density at radius 1 is 1.15 bits per heavy atom. The number of hydrogen-bond acceptors (Lipinski definition) is 3. The summed E-state index contributed by atoms with van der Waals surface area (Å²) in [6.45, 7) is 7.12. The molecule has 2 aromatic carbocycles. The van der Waals surface area contributed by atoms with Crippen LogP contribution in [0.15, 0.2) is 66.7 Å². The number of carbonyl (C=O) groups is 1. The van der Waals surface area contributed by atoms with Gasteiger partial charge in [-0.1, -0.05) is 36.9 Å². The quantitative estimate of drug-likeness (QED) is 0.498. The normalized spacial score (nSPS) is 10.7. The van der Waals surface area contributed by atoms with Crippen LogP contribution in [-0.4, -0.2) is 22.1 Å². The van der Waals surface area contributed by atoms with Gasteiger partial charge in [0.1, 0.15) is 11.6 Å². The van der Waals surface area contributed by atoms with Gasteiger partial charge < -0.3 is 14.6 Å². The number of ether oxygens (including phenoxy) is 1. The summed E-state index contributed by atoms with van der Waals surface area (Å²) in [5.74, 6) is 1.55. The molecule has 0 saturated heterocycles. The van der Waals surface area contributed by atoms with Gasteiger partial charge in [-0.15, -0.1) is 0 Å². The highest BCUT2D eigenvalue weighted by Crippen LogP contribution is 2.17. The first-order chi connectivity index (χ1) is 12.6. The standard InChI is InChI=1S/C21H23N3O2/c1-16(2)21(25)22-15-20-23-18-11-6-7-12-19(18)24(20)13-8-14-26-17-9-4-3-5-10-17/h3-7,9-12H,1,8,13-15H2,2H3,(H,22,25). The van der Waals surface area contributed by atoms with E-state index in [4.69, 9.17) is 4.74 Å². The molecule has 0 aliphatic heterocycles. The van der Waals surface area contributed by atoms with Crippen molar-refractivity contribution < 1.29 is 9.53 Å². The van der Waals surface area contributed by atoms with Gasteiger partial charge >= 0.3 is 0 Å². The van der Waals surface area contributed by atoms with Crippen molar-refractivity contribution in [2.24, 2.45) is 0 Å². The van der Waals surface area contributed by atoms with Crippen LogP contribution in [-0.2, 0) is 17.9 Å². The third-order valence-corrected chi connectivity index (χ3v) is 4.07. The predicted octanol–water partition coefficient (Wildman–Crippen LogP) is 3.70. The Balaban J connectivity index is 1.67. The summed E-state index contributed by atoms with van der Waals surface area (Å²) in [7, 11) is 0. The lowest BCUT2D eigenvalue weighted by atomic mass is 10.3. The van der Waals surface area contributed by atoms with Crippen LogP contribution in [0.3, 0.4) is 0 Å². The van der Waals surface area contributed by atoms with E-state index in [1.807, 2.05) is 54.6 Å². The molecule has 0 aliphatic rings. The van der Waals surface area contributed by atoms with E-state index in [1.54, 1.807) is 6.92 Å². The molecule has 0 fully saturated rings. The van der Waals surface area contributed by atoms with Gasteiger partial charge in [0.15, 0.2) is 0 Å². The van der Waals surface area contributed by atoms with E-state index in [-0.39, 0.29) is 5.91 Å². The fourth-order valence-corrected chi connectivity index (χ4v) is 2.75. The van der Waals surface area contributed by atoms with E-state index in [0.717, 1.165) is 35.6 Å². The van der Waals surface area contributed by atoms with Gasteiger partial charge in [0.25, 0.3) is 0 Å². The van der Waals surface area contributed by atoms with Crippen LogP contribution in [0.1, 0.15) is 19.2 Å². The summed E-state index contributed by atoms with van der Waals surface area (Å²) >= 11 is 0. The zero-order chi connectivity index (χ0) is 18.4. The van der Waals surface area contributed by atoms with Gasteiger partial charge in [-0.3, -0.25) is 4.79 Å². The summed E-state index contributed by atoms with van der Waals surface area (Å²) in [5, 5.41) is 2.86. The second-order valence-electron chi connectivity index (χ2n) is 6.15. The Morgan fingerprint density at radius 2 is 1.88 bits per heavy atom. The lowest BCUT2D eigenvalue weighted by Crippen LogP contribution is -2.25. The maximum absolute atomic E-state index is 11.8. The monoisotopic (exact) mass is 349 g/mol. The van der Waals surface area contributed by atoms with E-state index in [1.165, 1.54) is 0 Å². The van der Waals surface area contributed by atoms with Crippen molar-refractivity contribution >= 4 is 16.9 Å². The lowest BCUT2D eigenvalue weighted by molar-refractivity contribution is -0.117. The second-order valence-corrected chi connectivity index (χ2v) is 6.15. The summed E-state index contributed by atoms with van der Waals surface area (Å²) in [5.41, 5.74) is 2.48. The predicted molar refractivity (Wildman–Crippen MR) is 103 cm³/mol. The summed E-state index contributed by atoms with van der Waals surface area (Å²) in [6.07, 6.45) is 0.844. The molecule has 5 nitrogen and oxygen atoms in total. The van der Waals surface area contributed by atoms with Crippen molar-refractivity contribution in [2.75, 3.05) is 6.61 Å². The molecule has 0 atom stereocenters. The van der Waals surface area contributed by atoms with E-state index in [2.05, 4.69) is 21.4 Å². The Kier molecular flexibility index (Phi) is 5.69. The largest absolute Gasteiger partial charge is 0.494 e. The fraction of sp³-hybridized carbons (Fsp3) is 0.238. The summed E-state index contributed by atoms with van der Waals surface area (Å²) in [6, 6.07) is 17.8. The maximum Gasteiger partial charge on any atom is 0.246 e. The average Bonchev–Trinajstić information content (AvgIpc) is 3.01. The number of imidazole rings is 1. The number of aryl methyl sites for hydroxylation is 1. The number of nitrogens with zero attached hydrogens (tertiary/aromatic N) is 2. The lowest BCUT2D eigenvalue weighted by Gasteiger charge is -2.11. The van der Waals surface area contributed by atoms with Crippen LogP contribution >= 0.6 is 0 Å². The van der Waals surface area contributed by atoms with E-state index >= 15 is 0 Å². The molecule has 0 saturated carbocycles. The van der Waals surface area contributed by atoms with Crippen LogP contribution in [0.4, 0.5) is 0 Å². The fourth-order valence-electron chi connectivity index (χ4n) is 2.75. The van der Waals surface area contributed by atoms with Gasteiger partial charge in [0, 0.05) is 12.1 Å². The molecule has 3 aromatic rings. The number of carbonyl (C=O) groups excluding carboxylic acids is 1. The summed E-state index contributed by atoms with van der Waals surface area (Å²) < 4.78 is 7.91. The van der Waals surface area contributed by atoms with Crippen molar-refractivity contribution in [2.45, 2.75) is 26.4 Å². The molecular weight excluding hydrogens is 326 g/mol. The first-order valence-corrected chi connectivity index (χ1v) is 8.71. The highest BCUT2D eigenvalue weighted by molar-refractivity contribution is 5.92. The number of aromatic nitrogens is 2. The zero-order valence-corrected chi connectivity index (χ0v) is 14.9. The molecule has 1 aromatic heterocycles. The number of fused-ring (bicyclic) bond motifs is 1. The smallest absolute Gasteiger partial charge is 0.246 e. The molecule has 0 spiro atoms. The van der Waals surface area contributed by atoms with Crippen LogP contribution in [0.5, 0.6) is 5.75 Å². The van der Waals surface area contributed by atoms with E-state index < -0.39 is 0 Å². The Morgan fingerprint density at radius 3 is 2.65 bits per heavy atom. The van der Waals surface area contributed by atoms with Crippen LogP contribution in [0.2, 0.25) is 0 Å². The molecule has 1 heterocycles. The molecule has 5 heteroatoms. The van der Waals surface area contributed by atoms with Crippen LogP contribution in [0.25, 0.3) is 11.0 Å². The van der Waals surface area contributed by atoms with E-state index in [9.17, 15) is 4.79 Å². The molecule has 0 radical (unpaired) electrons. The van der Waals surface area contributed by atoms with E-state index in [0.29, 0.717) is 18.7 Å². The van der Waals surface area contributed by atoms with Gasteiger partial charge in [-0.05, 0) is 37.6 Å². The van der Waals surface area contributed by atoms with Gasteiger partial charge in [-0.2, -0.15) is 0 Å². The molecule has 0 bridgehead atoms. The first-order valence-electron chi connectivity index (χ1n) is 8.71. The molecule has 26 heavy (non-hydrogen) atoms. The average molecular weight is 349 g/mol. The Bertz CT molecular complexity index is 900. The second kappa shape index (κ2) is 8.34. The topological polar surface area (TPSA) is 56.2 Å². The number of amides is 1. The third kappa shape index (κ3) is 4.30. The van der Waals surface area contributed by atoms with Crippen molar-refractivity contribution in [3.8, 4) is 5.75 Å². The molecule has 0 unspecified atom stereocenters. The number of rotatable bonds is 8. The number of hydrogen-bond donors (Lipinski definition) is 1. The third-order valence-electron chi connectivity index (χ3n) is 4.07. The van der Waals surface area contributed by atoms with Crippen molar-refractivity contribution in [3.05, 3.63) is 72.6 Å². The molecule has 3 rings (SSSR count). The number of para-hydroxylation sites is 3. The van der Waals surface area contributed by atoms with Gasteiger partial charge in [0.2, 0.25) is 5.91 Å². The molecule has 1 N–H and O–H groups in total. The maximum atomic E-state index is 11.8. The minimum absolute atomic E-state index is 0.156. The van der Waals surface area contributed by atoms with Crippen LogP contribution < -0.4 is 10.1 Å². The highest BCUT2D eigenvalue weighted by atomic mass is 16.5. The van der Waals surface area contributed by atoms with Gasteiger partial charge in [0.05, 0.1) is 24.2 Å². The van der Waals surface area contributed by atoms with Crippen molar-refractivity contribution in [3.63, 3.8) is 0 Å². The van der Waals surface area contributed by atoms with Crippen LogP contribution in [0, 0.1) is 0 Å². The zero-order valence-electron chi connectivity index (χ0n) is 14.9. The minimum atomic E-state index is -0.156. The SMILES string of the molecule is C=C(C)C(=O)NCc1nc2ccccc2n1CCCOc1ccccc1. The van der Waals surface area contributed by atoms with Crippen molar-refractivity contribution in [1.82, 2.24) is 14.9 Å². The molecular formula is C21H23N3O2. The summed E-state index contributed by atoms with van der Waals surface area (Å²) in [4.78, 5) is 16.5. The first kappa shape index (κ1) is 17.7. The molecule has 134 valence electrons. The molecule has 0 aliphatic carbocycles.